The molecule has 0 aliphatic rings. The largest absolute Gasteiger partial charge is 0.469 e. The third kappa shape index (κ3) is 3.25. The van der Waals surface area contributed by atoms with Gasteiger partial charge in [-0.25, -0.2) is 4.39 Å². The Bertz CT molecular complexity index is 553. The van der Waals surface area contributed by atoms with Crippen LogP contribution in [0.25, 0.3) is 0 Å². The maximum Gasteiger partial charge on any atom is 0.128 e. The van der Waals surface area contributed by atoms with E-state index in [-0.39, 0.29) is 11.9 Å². The van der Waals surface area contributed by atoms with Crippen LogP contribution in [0.15, 0.2) is 39.4 Å². The van der Waals surface area contributed by atoms with Gasteiger partial charge in [0.2, 0.25) is 0 Å². The summed E-state index contributed by atoms with van der Waals surface area (Å²) in [7, 11) is 0. The number of hydrogen-bond donors (Lipinski definition) is 1. The summed E-state index contributed by atoms with van der Waals surface area (Å²) in [6, 6.07) is 6.71. The lowest BCUT2D eigenvalue weighted by molar-refractivity contribution is 0.508. The Hall–Kier alpha value is -1.13. The SMILES string of the molecule is CCCNC(c1cc(Br)ccc1F)c1ccoc1C. The molecule has 2 nitrogen and oxygen atoms in total. The summed E-state index contributed by atoms with van der Waals surface area (Å²) in [5.41, 5.74) is 1.61. The van der Waals surface area contributed by atoms with Crippen LogP contribution >= 0.6 is 15.9 Å². The fourth-order valence-corrected chi connectivity index (χ4v) is 2.49. The van der Waals surface area contributed by atoms with Gasteiger partial charge < -0.3 is 9.73 Å². The van der Waals surface area contributed by atoms with E-state index in [2.05, 4.69) is 28.2 Å². The minimum Gasteiger partial charge on any atom is -0.469 e. The van der Waals surface area contributed by atoms with Crippen molar-refractivity contribution in [1.82, 2.24) is 5.32 Å². The molecule has 0 fully saturated rings. The highest BCUT2D eigenvalue weighted by Gasteiger charge is 2.20. The third-order valence-electron chi connectivity index (χ3n) is 3.08. The van der Waals surface area contributed by atoms with Gasteiger partial charge in [-0.2, -0.15) is 0 Å². The second-order valence-corrected chi connectivity index (χ2v) is 5.40. The standard InChI is InChI=1S/C15H17BrFNO/c1-3-7-18-15(12-6-8-19-10(12)2)13-9-11(16)4-5-14(13)17/h4-6,8-9,15,18H,3,7H2,1-2H3. The quantitative estimate of drug-likeness (QED) is 0.870. The molecule has 1 N–H and O–H groups in total. The minimum absolute atomic E-state index is 0.184. The van der Waals surface area contributed by atoms with Gasteiger partial charge in [0, 0.05) is 15.6 Å². The van der Waals surface area contributed by atoms with Crippen molar-refractivity contribution >= 4 is 15.9 Å². The lowest BCUT2D eigenvalue weighted by Gasteiger charge is -2.19. The van der Waals surface area contributed by atoms with Gasteiger partial charge in [0.15, 0.2) is 0 Å². The van der Waals surface area contributed by atoms with E-state index in [9.17, 15) is 4.39 Å². The van der Waals surface area contributed by atoms with Gasteiger partial charge in [-0.3, -0.25) is 0 Å². The number of rotatable bonds is 5. The Morgan fingerprint density at radius 3 is 2.74 bits per heavy atom. The fraction of sp³-hybridized carbons (Fsp3) is 0.333. The summed E-state index contributed by atoms with van der Waals surface area (Å²) in [4.78, 5) is 0. The molecule has 1 heterocycles. The Balaban J connectivity index is 2.42. The Labute approximate surface area is 121 Å². The van der Waals surface area contributed by atoms with Gasteiger partial charge in [0.1, 0.15) is 11.6 Å². The number of benzene rings is 1. The van der Waals surface area contributed by atoms with E-state index >= 15 is 0 Å². The Morgan fingerprint density at radius 1 is 1.32 bits per heavy atom. The molecule has 1 unspecified atom stereocenters. The predicted molar refractivity (Wildman–Crippen MR) is 77.7 cm³/mol. The van der Waals surface area contributed by atoms with Crippen LogP contribution in [0.2, 0.25) is 0 Å². The molecule has 1 aromatic heterocycles. The second-order valence-electron chi connectivity index (χ2n) is 4.49. The molecule has 0 spiro atoms. The van der Waals surface area contributed by atoms with Crippen LogP contribution < -0.4 is 5.32 Å². The molecule has 0 amide bonds. The minimum atomic E-state index is -0.211. The van der Waals surface area contributed by atoms with Crippen LogP contribution in [0.5, 0.6) is 0 Å². The van der Waals surface area contributed by atoms with Crippen LogP contribution in [-0.2, 0) is 0 Å². The van der Waals surface area contributed by atoms with Gasteiger partial charge >= 0.3 is 0 Å². The summed E-state index contributed by atoms with van der Waals surface area (Å²) < 4.78 is 20.3. The summed E-state index contributed by atoms with van der Waals surface area (Å²) in [5, 5.41) is 3.38. The fourth-order valence-electron chi connectivity index (χ4n) is 2.11. The zero-order valence-electron chi connectivity index (χ0n) is 11.0. The summed E-state index contributed by atoms with van der Waals surface area (Å²) in [6.45, 7) is 4.80. The second kappa shape index (κ2) is 6.35. The van der Waals surface area contributed by atoms with Gasteiger partial charge in [0.05, 0.1) is 12.3 Å². The van der Waals surface area contributed by atoms with E-state index in [0.717, 1.165) is 28.8 Å². The number of nitrogens with one attached hydrogen (secondary N) is 1. The molecule has 1 aromatic carbocycles. The number of halogens is 2. The number of hydrogen-bond acceptors (Lipinski definition) is 2. The summed E-state index contributed by atoms with van der Waals surface area (Å²) in [6.07, 6.45) is 2.63. The predicted octanol–water partition coefficient (Wildman–Crippen LogP) is 4.58. The average molecular weight is 326 g/mol. The van der Waals surface area contributed by atoms with Crippen LogP contribution in [0.1, 0.15) is 36.3 Å². The molecule has 0 radical (unpaired) electrons. The number of furan rings is 1. The Morgan fingerprint density at radius 2 is 2.11 bits per heavy atom. The van der Waals surface area contributed by atoms with Crippen LogP contribution in [0, 0.1) is 12.7 Å². The van der Waals surface area contributed by atoms with Crippen molar-refractivity contribution in [3.8, 4) is 0 Å². The molecule has 19 heavy (non-hydrogen) atoms. The molecule has 2 aromatic rings. The lowest BCUT2D eigenvalue weighted by atomic mass is 9.98. The Kier molecular flexibility index (Phi) is 4.77. The van der Waals surface area contributed by atoms with Crippen molar-refractivity contribution in [3.63, 3.8) is 0 Å². The van der Waals surface area contributed by atoms with Crippen molar-refractivity contribution in [2.45, 2.75) is 26.3 Å². The van der Waals surface area contributed by atoms with E-state index in [0.29, 0.717) is 5.56 Å². The molecular formula is C15H17BrFNO. The summed E-state index contributed by atoms with van der Waals surface area (Å²) in [5.74, 6) is 0.602. The highest BCUT2D eigenvalue weighted by molar-refractivity contribution is 9.10. The topological polar surface area (TPSA) is 25.2 Å². The highest BCUT2D eigenvalue weighted by Crippen LogP contribution is 2.29. The number of aryl methyl sites for hydroxylation is 1. The van der Waals surface area contributed by atoms with Gasteiger partial charge in [0.25, 0.3) is 0 Å². The van der Waals surface area contributed by atoms with E-state index < -0.39 is 0 Å². The van der Waals surface area contributed by atoms with Gasteiger partial charge in [-0.15, -0.1) is 0 Å². The molecule has 0 saturated heterocycles. The van der Waals surface area contributed by atoms with Gasteiger partial charge in [-0.05, 0) is 44.2 Å². The maximum absolute atomic E-state index is 14.1. The maximum atomic E-state index is 14.1. The van der Waals surface area contributed by atoms with Crippen LogP contribution in [0.3, 0.4) is 0 Å². The first-order valence-corrected chi connectivity index (χ1v) is 7.15. The first-order chi connectivity index (χ1) is 9.13. The highest BCUT2D eigenvalue weighted by atomic mass is 79.9. The molecule has 0 aliphatic heterocycles. The molecule has 0 bridgehead atoms. The average Bonchev–Trinajstić information content (AvgIpc) is 2.80. The van der Waals surface area contributed by atoms with Crippen molar-refractivity contribution in [2.24, 2.45) is 0 Å². The monoisotopic (exact) mass is 325 g/mol. The lowest BCUT2D eigenvalue weighted by Crippen LogP contribution is -2.24. The van der Waals surface area contributed by atoms with E-state index in [4.69, 9.17) is 4.42 Å². The van der Waals surface area contributed by atoms with Crippen LogP contribution in [0.4, 0.5) is 4.39 Å². The van der Waals surface area contributed by atoms with E-state index in [1.54, 1.807) is 12.3 Å². The smallest absolute Gasteiger partial charge is 0.128 e. The molecule has 102 valence electrons. The van der Waals surface area contributed by atoms with E-state index in [1.165, 1.54) is 6.07 Å². The molecule has 2 rings (SSSR count). The molecule has 4 heteroatoms. The molecular weight excluding hydrogens is 309 g/mol. The third-order valence-corrected chi connectivity index (χ3v) is 3.57. The van der Waals surface area contributed by atoms with Crippen molar-refractivity contribution < 1.29 is 8.81 Å². The van der Waals surface area contributed by atoms with E-state index in [1.807, 2.05) is 19.1 Å². The zero-order chi connectivity index (χ0) is 13.8. The van der Waals surface area contributed by atoms with Crippen LogP contribution in [-0.4, -0.2) is 6.54 Å². The first kappa shape index (κ1) is 14.3. The molecule has 0 aliphatic carbocycles. The molecule has 0 saturated carbocycles. The first-order valence-electron chi connectivity index (χ1n) is 6.35. The van der Waals surface area contributed by atoms with Gasteiger partial charge in [-0.1, -0.05) is 22.9 Å². The summed E-state index contributed by atoms with van der Waals surface area (Å²) >= 11 is 3.40. The van der Waals surface area contributed by atoms with Crippen molar-refractivity contribution in [3.05, 3.63) is 57.7 Å². The zero-order valence-corrected chi connectivity index (χ0v) is 12.6. The normalized spacial score (nSPS) is 12.6. The molecule has 1 atom stereocenters. The van der Waals surface area contributed by atoms with Crippen molar-refractivity contribution in [2.75, 3.05) is 6.54 Å². The van der Waals surface area contributed by atoms with Crippen molar-refractivity contribution in [1.29, 1.82) is 0 Å².